The molecular weight excluding hydrogens is 437 g/mol. The van der Waals surface area contributed by atoms with Gasteiger partial charge in [0.05, 0.1) is 16.3 Å². The zero-order valence-electron chi connectivity index (χ0n) is 16.6. The molecule has 8 heteroatoms. The maximum absolute atomic E-state index is 12.2. The summed E-state index contributed by atoms with van der Waals surface area (Å²) in [6.07, 6.45) is 1.46. The van der Waals surface area contributed by atoms with Crippen molar-refractivity contribution < 1.29 is 14.3 Å². The molecule has 0 saturated heterocycles. The van der Waals surface area contributed by atoms with E-state index in [1.807, 2.05) is 19.1 Å². The quantitative estimate of drug-likeness (QED) is 0.384. The average molecular weight is 456 g/mol. The number of benzene rings is 3. The Morgan fingerprint density at radius 2 is 1.74 bits per heavy atom. The number of para-hydroxylation sites is 1. The molecule has 158 valence electrons. The number of aryl methyl sites for hydroxylation is 1. The molecule has 0 saturated carbocycles. The number of ether oxygens (including phenoxy) is 1. The zero-order chi connectivity index (χ0) is 22.2. The van der Waals surface area contributed by atoms with Gasteiger partial charge in [-0.2, -0.15) is 5.10 Å². The van der Waals surface area contributed by atoms with Crippen LogP contribution >= 0.6 is 23.2 Å². The first-order valence-electron chi connectivity index (χ1n) is 9.29. The zero-order valence-corrected chi connectivity index (χ0v) is 18.1. The minimum absolute atomic E-state index is 0.221. The van der Waals surface area contributed by atoms with Crippen molar-refractivity contribution in [1.29, 1.82) is 0 Å². The Kier molecular flexibility index (Phi) is 7.65. The Labute approximate surface area is 189 Å². The summed E-state index contributed by atoms with van der Waals surface area (Å²) in [5.74, 6) is -0.242. The molecule has 0 aromatic heterocycles. The maximum Gasteiger partial charge on any atom is 0.271 e. The van der Waals surface area contributed by atoms with E-state index in [0.717, 1.165) is 5.56 Å². The molecule has 2 N–H and O–H groups in total. The lowest BCUT2D eigenvalue weighted by Gasteiger charge is -2.10. The van der Waals surface area contributed by atoms with E-state index < -0.39 is 0 Å². The third-order valence-corrected chi connectivity index (χ3v) is 4.90. The van der Waals surface area contributed by atoms with E-state index in [1.165, 1.54) is 6.21 Å². The van der Waals surface area contributed by atoms with Crippen LogP contribution < -0.4 is 15.5 Å². The van der Waals surface area contributed by atoms with Crippen molar-refractivity contribution in [2.24, 2.45) is 5.10 Å². The van der Waals surface area contributed by atoms with E-state index in [-0.39, 0.29) is 18.4 Å². The number of rotatable bonds is 7. The molecule has 0 radical (unpaired) electrons. The Morgan fingerprint density at radius 3 is 2.48 bits per heavy atom. The molecule has 0 bridgehead atoms. The summed E-state index contributed by atoms with van der Waals surface area (Å²) in [7, 11) is 0. The summed E-state index contributed by atoms with van der Waals surface area (Å²) in [6.45, 7) is 1.72. The lowest BCUT2D eigenvalue weighted by molar-refractivity contribution is -0.118. The van der Waals surface area contributed by atoms with Crippen LogP contribution in [0.3, 0.4) is 0 Å². The molecule has 31 heavy (non-hydrogen) atoms. The number of anilines is 1. The van der Waals surface area contributed by atoms with E-state index >= 15 is 0 Å². The first kappa shape index (κ1) is 22.3. The number of nitrogens with one attached hydrogen (secondary N) is 2. The summed E-state index contributed by atoms with van der Waals surface area (Å²) in [5, 5.41) is 7.41. The first-order chi connectivity index (χ1) is 14.9. The van der Waals surface area contributed by atoms with Gasteiger partial charge in [-0.3, -0.25) is 9.59 Å². The first-order valence-corrected chi connectivity index (χ1v) is 10.0. The van der Waals surface area contributed by atoms with Gasteiger partial charge in [0, 0.05) is 16.8 Å². The van der Waals surface area contributed by atoms with E-state index in [9.17, 15) is 9.59 Å². The summed E-state index contributed by atoms with van der Waals surface area (Å²) < 4.78 is 5.61. The molecule has 0 spiro atoms. The predicted molar refractivity (Wildman–Crippen MR) is 123 cm³/mol. The highest BCUT2D eigenvalue weighted by Gasteiger charge is 2.08. The van der Waals surface area contributed by atoms with Crippen molar-refractivity contribution in [1.82, 2.24) is 5.43 Å². The average Bonchev–Trinajstić information content (AvgIpc) is 2.76. The molecule has 0 fully saturated rings. The number of hydrogen-bond donors (Lipinski definition) is 2. The smallest absolute Gasteiger partial charge is 0.271 e. The topological polar surface area (TPSA) is 79.8 Å². The second-order valence-electron chi connectivity index (χ2n) is 6.57. The van der Waals surface area contributed by atoms with Crippen LogP contribution in [0.15, 0.2) is 71.8 Å². The van der Waals surface area contributed by atoms with Crippen LogP contribution in [-0.4, -0.2) is 24.6 Å². The van der Waals surface area contributed by atoms with Gasteiger partial charge in [0.2, 0.25) is 0 Å². The van der Waals surface area contributed by atoms with Crippen molar-refractivity contribution in [3.63, 3.8) is 0 Å². The molecule has 0 heterocycles. The van der Waals surface area contributed by atoms with Crippen molar-refractivity contribution >= 4 is 46.9 Å². The fraction of sp³-hybridized carbons (Fsp3) is 0.0870. The molecule has 3 aromatic rings. The molecule has 0 aliphatic heterocycles. The number of carbonyl (C=O) groups excluding carboxylic acids is 2. The molecule has 0 aliphatic rings. The predicted octanol–water partition coefficient (Wildman–Crippen LogP) is 5.08. The monoisotopic (exact) mass is 455 g/mol. The summed E-state index contributed by atoms with van der Waals surface area (Å²) >= 11 is 11.8. The second kappa shape index (κ2) is 10.6. The van der Waals surface area contributed by atoms with Gasteiger partial charge in [-0.25, -0.2) is 5.43 Å². The number of hydrogen-bond acceptors (Lipinski definition) is 4. The lowest BCUT2D eigenvalue weighted by atomic mass is 10.1. The number of nitrogens with zero attached hydrogens (tertiary/aromatic N) is 1. The number of hydrazone groups is 1. The van der Waals surface area contributed by atoms with Gasteiger partial charge in [0.1, 0.15) is 5.75 Å². The third kappa shape index (κ3) is 6.57. The molecule has 3 aromatic carbocycles. The molecule has 0 aliphatic carbocycles. The van der Waals surface area contributed by atoms with E-state index in [4.69, 9.17) is 27.9 Å². The van der Waals surface area contributed by atoms with Crippen molar-refractivity contribution in [3.05, 3.63) is 93.5 Å². The van der Waals surface area contributed by atoms with Crippen LogP contribution in [0.1, 0.15) is 21.5 Å². The van der Waals surface area contributed by atoms with Crippen LogP contribution in [0.25, 0.3) is 0 Å². The lowest BCUT2D eigenvalue weighted by Crippen LogP contribution is -2.20. The Balaban J connectivity index is 1.57. The van der Waals surface area contributed by atoms with Gasteiger partial charge in [-0.05, 0) is 49.4 Å². The fourth-order valence-corrected chi connectivity index (χ4v) is 2.86. The van der Waals surface area contributed by atoms with Crippen molar-refractivity contribution in [3.8, 4) is 5.75 Å². The van der Waals surface area contributed by atoms with Gasteiger partial charge in [-0.15, -0.1) is 0 Å². The van der Waals surface area contributed by atoms with Gasteiger partial charge >= 0.3 is 0 Å². The highest BCUT2D eigenvalue weighted by Crippen LogP contribution is 2.25. The van der Waals surface area contributed by atoms with Crippen LogP contribution in [0.2, 0.25) is 10.0 Å². The second-order valence-corrected chi connectivity index (χ2v) is 7.38. The summed E-state index contributed by atoms with van der Waals surface area (Å²) in [4.78, 5) is 24.3. The van der Waals surface area contributed by atoms with Crippen LogP contribution in [0, 0.1) is 6.92 Å². The molecule has 0 unspecified atom stereocenters. The highest BCUT2D eigenvalue weighted by molar-refractivity contribution is 6.42. The molecule has 0 atom stereocenters. The summed E-state index contributed by atoms with van der Waals surface area (Å²) in [6, 6.07) is 19.0. The molecule has 2 amide bonds. The Bertz CT molecular complexity index is 1120. The fourth-order valence-electron chi connectivity index (χ4n) is 2.56. The van der Waals surface area contributed by atoms with E-state index in [0.29, 0.717) is 32.6 Å². The third-order valence-electron chi connectivity index (χ3n) is 4.16. The largest absolute Gasteiger partial charge is 0.483 e. The molecule has 3 rings (SSSR count). The van der Waals surface area contributed by atoms with Crippen LogP contribution in [0.5, 0.6) is 5.75 Å². The van der Waals surface area contributed by atoms with Crippen molar-refractivity contribution in [2.75, 3.05) is 11.9 Å². The SMILES string of the molecule is Cc1ccc(C(=O)N/N=C/c2ccccc2OCC(=O)Nc2ccc(Cl)c(Cl)c2)cc1. The number of carbonyl (C=O) groups is 2. The van der Waals surface area contributed by atoms with Gasteiger partial charge in [0.15, 0.2) is 6.61 Å². The minimum atomic E-state index is -0.363. The van der Waals surface area contributed by atoms with Gasteiger partial charge in [-0.1, -0.05) is 53.0 Å². The Hall–Kier alpha value is -3.35. The standard InChI is InChI=1S/C23H19Cl2N3O3/c1-15-6-8-16(9-7-15)23(30)28-26-13-17-4-2-3-5-21(17)31-14-22(29)27-18-10-11-19(24)20(25)12-18/h2-13H,14H2,1H3,(H,27,29)(H,28,30)/b26-13+. The molecular formula is C23H19Cl2N3O3. The summed E-state index contributed by atoms with van der Waals surface area (Å²) in [5.41, 5.74) is 5.16. The maximum atomic E-state index is 12.2. The van der Waals surface area contributed by atoms with E-state index in [1.54, 1.807) is 54.6 Å². The van der Waals surface area contributed by atoms with Crippen LogP contribution in [0.4, 0.5) is 5.69 Å². The number of amides is 2. The van der Waals surface area contributed by atoms with Gasteiger partial charge < -0.3 is 10.1 Å². The number of halogens is 2. The normalized spacial score (nSPS) is 10.7. The highest BCUT2D eigenvalue weighted by atomic mass is 35.5. The van der Waals surface area contributed by atoms with Gasteiger partial charge in [0.25, 0.3) is 11.8 Å². The minimum Gasteiger partial charge on any atom is -0.483 e. The van der Waals surface area contributed by atoms with Crippen LogP contribution in [-0.2, 0) is 4.79 Å². The van der Waals surface area contributed by atoms with E-state index in [2.05, 4.69) is 15.8 Å². The van der Waals surface area contributed by atoms with Crippen molar-refractivity contribution in [2.45, 2.75) is 6.92 Å². The Morgan fingerprint density at radius 1 is 1.00 bits per heavy atom. The molecule has 6 nitrogen and oxygen atoms in total.